The second-order valence-corrected chi connectivity index (χ2v) is 7.81. The van der Waals surface area contributed by atoms with E-state index in [0.29, 0.717) is 12.3 Å². The monoisotopic (exact) mass is 399 g/mol. The van der Waals surface area contributed by atoms with Gasteiger partial charge in [-0.15, -0.1) is 0 Å². The zero-order valence-corrected chi connectivity index (χ0v) is 16.2. The number of hydrogen-bond acceptors (Lipinski definition) is 6. The van der Waals surface area contributed by atoms with Crippen LogP contribution in [0.5, 0.6) is 0 Å². The summed E-state index contributed by atoms with van der Waals surface area (Å²) in [5.41, 5.74) is 2.52. The van der Waals surface area contributed by atoms with Crippen molar-refractivity contribution < 1.29 is 28.1 Å². The van der Waals surface area contributed by atoms with Crippen molar-refractivity contribution in [2.45, 2.75) is 50.5 Å². The van der Waals surface area contributed by atoms with Crippen LogP contribution in [0.3, 0.4) is 0 Å². The van der Waals surface area contributed by atoms with Crippen LogP contribution in [0.1, 0.15) is 31.3 Å². The fraction of sp³-hybridized carbons (Fsp3) is 0.409. The van der Waals surface area contributed by atoms with Crippen LogP contribution >= 0.6 is 0 Å². The van der Waals surface area contributed by atoms with Crippen molar-refractivity contribution in [3.8, 4) is 0 Å². The molecule has 0 aliphatic carbocycles. The Hall–Kier alpha value is -2.16. The molecule has 3 heterocycles. The van der Waals surface area contributed by atoms with Crippen molar-refractivity contribution in [2.75, 3.05) is 6.61 Å². The highest BCUT2D eigenvalue weighted by Gasteiger charge is 2.57. The van der Waals surface area contributed by atoms with E-state index in [-0.39, 0.29) is 24.1 Å². The molecule has 0 saturated carbocycles. The molecule has 3 fully saturated rings. The molecule has 0 N–H and O–H groups in total. The van der Waals surface area contributed by atoms with Gasteiger partial charge in [-0.3, -0.25) is 4.99 Å². The summed E-state index contributed by atoms with van der Waals surface area (Å²) in [5.74, 6) is -0.955. The lowest BCUT2D eigenvalue weighted by Crippen LogP contribution is -2.44. The lowest BCUT2D eigenvalue weighted by atomic mass is 10.1. The summed E-state index contributed by atoms with van der Waals surface area (Å²) < 4.78 is 42.6. The van der Waals surface area contributed by atoms with Crippen LogP contribution in [0.4, 0.5) is 10.1 Å². The molecule has 0 bridgehead atoms. The third-order valence-electron chi connectivity index (χ3n) is 5.18. The van der Waals surface area contributed by atoms with Crippen molar-refractivity contribution >= 4 is 11.9 Å². The summed E-state index contributed by atoms with van der Waals surface area (Å²) in [5, 5.41) is 0. The zero-order valence-electron chi connectivity index (χ0n) is 16.2. The van der Waals surface area contributed by atoms with Gasteiger partial charge in [-0.1, -0.05) is 24.3 Å². The first-order valence-electron chi connectivity index (χ1n) is 9.65. The number of rotatable bonds is 3. The van der Waals surface area contributed by atoms with E-state index in [2.05, 4.69) is 4.99 Å². The van der Waals surface area contributed by atoms with Crippen LogP contribution < -0.4 is 0 Å². The molecular weight excluding hydrogens is 377 g/mol. The van der Waals surface area contributed by atoms with Crippen molar-refractivity contribution in [1.29, 1.82) is 0 Å². The number of benzene rings is 2. The van der Waals surface area contributed by atoms with Gasteiger partial charge in [-0.2, -0.15) is 0 Å². The largest absolute Gasteiger partial charge is 0.346 e. The van der Waals surface area contributed by atoms with Gasteiger partial charge in [-0.25, -0.2) is 4.39 Å². The van der Waals surface area contributed by atoms with Gasteiger partial charge in [-0.05, 0) is 43.7 Å². The minimum absolute atomic E-state index is 0.195. The van der Waals surface area contributed by atoms with Gasteiger partial charge in [0, 0.05) is 11.8 Å². The van der Waals surface area contributed by atoms with Crippen LogP contribution in [-0.4, -0.2) is 43.2 Å². The summed E-state index contributed by atoms with van der Waals surface area (Å²) in [4.78, 5) is 4.35. The number of hydrogen-bond donors (Lipinski definition) is 0. The summed E-state index contributed by atoms with van der Waals surface area (Å²) in [6, 6.07) is 13.8. The fourth-order valence-electron chi connectivity index (χ4n) is 3.80. The Morgan fingerprint density at radius 3 is 2.48 bits per heavy atom. The number of aliphatic imine (C=N–C) groups is 1. The SMILES string of the molecule is CC1(C)O[C@H]2O[C@@H]3COC(c4ccc(C=Nc5ccc(F)cc5)cc4)O[C@@H]3[C@H]2O1. The lowest BCUT2D eigenvalue weighted by Gasteiger charge is -2.34. The second-order valence-electron chi connectivity index (χ2n) is 7.81. The van der Waals surface area contributed by atoms with Crippen molar-refractivity contribution in [3.63, 3.8) is 0 Å². The number of fused-ring (bicyclic) bond motifs is 3. The van der Waals surface area contributed by atoms with Gasteiger partial charge in [0.1, 0.15) is 24.1 Å². The van der Waals surface area contributed by atoms with E-state index in [1.807, 2.05) is 38.1 Å². The molecule has 3 saturated heterocycles. The van der Waals surface area contributed by atoms with Gasteiger partial charge in [0.25, 0.3) is 0 Å². The Bertz CT molecular complexity index is 898. The molecule has 2 aromatic carbocycles. The third-order valence-corrected chi connectivity index (χ3v) is 5.18. The number of halogens is 1. The maximum atomic E-state index is 13.0. The Balaban J connectivity index is 1.25. The van der Waals surface area contributed by atoms with Crippen molar-refractivity contribution in [2.24, 2.45) is 4.99 Å². The smallest absolute Gasteiger partial charge is 0.190 e. The molecule has 29 heavy (non-hydrogen) atoms. The van der Waals surface area contributed by atoms with E-state index < -0.39 is 18.4 Å². The third kappa shape index (κ3) is 3.84. The molecule has 3 aliphatic heterocycles. The highest BCUT2D eigenvalue weighted by Crippen LogP contribution is 2.42. The molecule has 0 spiro atoms. The molecule has 152 valence electrons. The molecule has 5 rings (SSSR count). The van der Waals surface area contributed by atoms with E-state index in [0.717, 1.165) is 11.1 Å². The van der Waals surface area contributed by atoms with Crippen LogP contribution in [0, 0.1) is 5.82 Å². The van der Waals surface area contributed by atoms with Gasteiger partial charge < -0.3 is 23.7 Å². The second kappa shape index (κ2) is 7.27. The Labute approximate surface area is 168 Å². The van der Waals surface area contributed by atoms with Crippen molar-refractivity contribution in [3.05, 3.63) is 65.5 Å². The van der Waals surface area contributed by atoms with Gasteiger partial charge >= 0.3 is 0 Å². The molecule has 0 amide bonds. The molecule has 0 aromatic heterocycles. The molecule has 0 radical (unpaired) electrons. The molecule has 7 heteroatoms. The van der Waals surface area contributed by atoms with Gasteiger partial charge in [0.2, 0.25) is 0 Å². The van der Waals surface area contributed by atoms with Gasteiger partial charge in [0.05, 0.1) is 12.3 Å². The molecule has 3 aliphatic rings. The number of ether oxygens (including phenoxy) is 5. The highest BCUT2D eigenvalue weighted by atomic mass is 19.1. The van der Waals surface area contributed by atoms with E-state index in [9.17, 15) is 4.39 Å². The predicted octanol–water partition coefficient (Wildman–Crippen LogP) is 3.87. The molecule has 2 aromatic rings. The minimum atomic E-state index is -0.678. The average Bonchev–Trinajstić information content (AvgIpc) is 3.19. The van der Waals surface area contributed by atoms with Crippen LogP contribution in [0.15, 0.2) is 53.5 Å². The molecular formula is C22H22FNO5. The van der Waals surface area contributed by atoms with Gasteiger partial charge in [0.15, 0.2) is 18.4 Å². The average molecular weight is 399 g/mol. The van der Waals surface area contributed by atoms with Crippen LogP contribution in [-0.2, 0) is 23.7 Å². The molecule has 1 unspecified atom stereocenters. The van der Waals surface area contributed by atoms with Crippen LogP contribution in [0.25, 0.3) is 0 Å². The normalized spacial score (nSPS) is 33.0. The minimum Gasteiger partial charge on any atom is -0.346 e. The zero-order chi connectivity index (χ0) is 20.0. The summed E-state index contributed by atoms with van der Waals surface area (Å²) in [7, 11) is 0. The van der Waals surface area contributed by atoms with Crippen molar-refractivity contribution in [1.82, 2.24) is 0 Å². The van der Waals surface area contributed by atoms with E-state index in [1.165, 1.54) is 12.1 Å². The van der Waals surface area contributed by atoms with E-state index in [4.69, 9.17) is 23.7 Å². The summed E-state index contributed by atoms with van der Waals surface area (Å²) in [6.45, 7) is 4.16. The molecule has 5 atom stereocenters. The maximum absolute atomic E-state index is 13.0. The summed E-state index contributed by atoms with van der Waals surface area (Å²) >= 11 is 0. The molecule has 6 nitrogen and oxygen atoms in total. The lowest BCUT2D eigenvalue weighted by molar-refractivity contribution is -0.285. The fourth-order valence-corrected chi connectivity index (χ4v) is 3.80. The van der Waals surface area contributed by atoms with E-state index in [1.54, 1.807) is 18.3 Å². The quantitative estimate of drug-likeness (QED) is 0.734. The van der Waals surface area contributed by atoms with Crippen LogP contribution in [0.2, 0.25) is 0 Å². The number of nitrogens with zero attached hydrogens (tertiary/aromatic N) is 1. The van der Waals surface area contributed by atoms with E-state index >= 15 is 0 Å². The Kier molecular flexibility index (Phi) is 4.72. The topological polar surface area (TPSA) is 58.5 Å². The first kappa shape index (κ1) is 18.8. The maximum Gasteiger partial charge on any atom is 0.190 e. The first-order chi connectivity index (χ1) is 14.0. The Morgan fingerprint density at radius 2 is 1.72 bits per heavy atom. The predicted molar refractivity (Wildman–Crippen MR) is 102 cm³/mol. The first-order valence-corrected chi connectivity index (χ1v) is 9.65. The summed E-state index contributed by atoms with van der Waals surface area (Å²) in [6.07, 6.45) is 0.126. The standard InChI is InChI=1S/C22H22FNO5/c1-22(2)28-19-18-17(26-21(19)29-22)12-25-20(27-18)14-5-3-13(4-6-14)11-24-16-9-7-15(23)8-10-16/h3-11,17-21H,12H2,1-2H3/t17-,18+,19-,20?,21-/m1/s1. The Morgan fingerprint density at radius 1 is 0.966 bits per heavy atom. The highest BCUT2D eigenvalue weighted by molar-refractivity contribution is 5.81.